The molecule has 0 spiro atoms. The monoisotopic (exact) mass is 325 g/mol. The summed E-state index contributed by atoms with van der Waals surface area (Å²) < 4.78 is 19.1. The molecule has 0 amide bonds. The van der Waals surface area contributed by atoms with E-state index >= 15 is 0 Å². The Hall–Kier alpha value is -1.95. The van der Waals surface area contributed by atoms with Crippen LogP contribution in [0.1, 0.15) is 5.56 Å². The summed E-state index contributed by atoms with van der Waals surface area (Å²) in [5.74, 6) is -0.0521. The SMILES string of the molecule is O=[N+]([O-])c1cccc(COc2cc(F)ccc2Br)c1. The van der Waals surface area contributed by atoms with Crippen LogP contribution in [0, 0.1) is 15.9 Å². The summed E-state index contributed by atoms with van der Waals surface area (Å²) >= 11 is 3.24. The van der Waals surface area contributed by atoms with Crippen LogP contribution in [0.5, 0.6) is 5.75 Å². The molecule has 2 rings (SSSR count). The third-order valence-corrected chi connectivity index (χ3v) is 3.06. The highest BCUT2D eigenvalue weighted by Crippen LogP contribution is 2.26. The van der Waals surface area contributed by atoms with Crippen LogP contribution in [0.2, 0.25) is 0 Å². The van der Waals surface area contributed by atoms with E-state index < -0.39 is 10.7 Å². The molecule has 0 radical (unpaired) electrons. The highest BCUT2D eigenvalue weighted by atomic mass is 79.9. The Morgan fingerprint density at radius 1 is 1.26 bits per heavy atom. The molecule has 0 bridgehead atoms. The zero-order valence-electron chi connectivity index (χ0n) is 9.68. The zero-order chi connectivity index (χ0) is 13.8. The maximum atomic E-state index is 13.1. The zero-order valence-corrected chi connectivity index (χ0v) is 11.3. The van der Waals surface area contributed by atoms with E-state index in [9.17, 15) is 14.5 Å². The van der Waals surface area contributed by atoms with Gasteiger partial charge in [-0.3, -0.25) is 10.1 Å². The van der Waals surface area contributed by atoms with Gasteiger partial charge in [0.15, 0.2) is 0 Å². The Balaban J connectivity index is 2.12. The number of nitro groups is 1. The van der Waals surface area contributed by atoms with Gasteiger partial charge in [0.05, 0.1) is 9.40 Å². The van der Waals surface area contributed by atoms with E-state index in [1.807, 2.05) is 0 Å². The molecule has 0 fully saturated rings. The van der Waals surface area contributed by atoms with Gasteiger partial charge in [0.25, 0.3) is 5.69 Å². The second-order valence-corrected chi connectivity index (χ2v) is 4.64. The molecule has 0 heterocycles. The van der Waals surface area contributed by atoms with Gasteiger partial charge in [-0.25, -0.2) is 4.39 Å². The van der Waals surface area contributed by atoms with E-state index in [1.165, 1.54) is 30.3 Å². The van der Waals surface area contributed by atoms with Gasteiger partial charge in [0.2, 0.25) is 0 Å². The number of benzene rings is 2. The summed E-state index contributed by atoms with van der Waals surface area (Å²) in [6.45, 7) is 0.129. The van der Waals surface area contributed by atoms with Crippen molar-refractivity contribution in [3.63, 3.8) is 0 Å². The van der Waals surface area contributed by atoms with Gasteiger partial charge in [0.1, 0.15) is 18.2 Å². The van der Waals surface area contributed by atoms with E-state index in [4.69, 9.17) is 4.74 Å². The summed E-state index contributed by atoms with van der Waals surface area (Å²) in [5.41, 5.74) is 0.643. The van der Waals surface area contributed by atoms with Crippen LogP contribution in [0.25, 0.3) is 0 Å². The van der Waals surface area contributed by atoms with E-state index in [0.29, 0.717) is 15.8 Å². The summed E-state index contributed by atoms with van der Waals surface area (Å²) in [7, 11) is 0. The molecular formula is C13H9BrFNO3. The van der Waals surface area contributed by atoms with Gasteiger partial charge < -0.3 is 4.74 Å². The van der Waals surface area contributed by atoms with Gasteiger partial charge in [-0.1, -0.05) is 12.1 Å². The van der Waals surface area contributed by atoms with Gasteiger partial charge in [-0.05, 0) is 33.6 Å². The third kappa shape index (κ3) is 3.51. The standard InChI is InChI=1S/C13H9BrFNO3/c14-12-5-4-10(15)7-13(12)19-8-9-2-1-3-11(6-9)16(17)18/h1-7H,8H2. The second kappa shape index (κ2) is 5.79. The molecule has 98 valence electrons. The fourth-order valence-corrected chi connectivity index (χ4v) is 1.87. The van der Waals surface area contributed by atoms with Crippen molar-refractivity contribution in [3.05, 3.63) is 68.4 Å². The number of rotatable bonds is 4. The molecule has 0 aromatic heterocycles. The number of nitrogens with zero attached hydrogens (tertiary/aromatic N) is 1. The Bertz CT molecular complexity index is 619. The van der Waals surface area contributed by atoms with Crippen LogP contribution in [0.15, 0.2) is 46.9 Å². The lowest BCUT2D eigenvalue weighted by Gasteiger charge is -2.08. The molecular weight excluding hydrogens is 317 g/mol. The average Bonchev–Trinajstić information content (AvgIpc) is 2.40. The van der Waals surface area contributed by atoms with Crippen LogP contribution >= 0.6 is 15.9 Å². The van der Waals surface area contributed by atoms with Gasteiger partial charge >= 0.3 is 0 Å². The minimum atomic E-state index is -0.471. The Morgan fingerprint density at radius 2 is 2.05 bits per heavy atom. The molecule has 19 heavy (non-hydrogen) atoms. The Labute approximate surface area is 117 Å². The predicted molar refractivity (Wildman–Crippen MR) is 71.5 cm³/mol. The number of non-ortho nitro benzene ring substituents is 1. The van der Waals surface area contributed by atoms with Crippen LogP contribution in [0.4, 0.5) is 10.1 Å². The molecule has 4 nitrogen and oxygen atoms in total. The molecule has 6 heteroatoms. The number of halogens is 2. The molecule has 0 aliphatic rings. The predicted octanol–water partition coefficient (Wildman–Crippen LogP) is 4.08. The first-order valence-electron chi connectivity index (χ1n) is 5.37. The average molecular weight is 326 g/mol. The van der Waals surface area contributed by atoms with Crippen molar-refractivity contribution >= 4 is 21.6 Å². The lowest BCUT2D eigenvalue weighted by molar-refractivity contribution is -0.384. The van der Waals surface area contributed by atoms with Crippen molar-refractivity contribution in [2.45, 2.75) is 6.61 Å². The van der Waals surface area contributed by atoms with E-state index in [2.05, 4.69) is 15.9 Å². The normalized spacial score (nSPS) is 10.2. The molecule has 0 unspecified atom stereocenters. The Kier molecular flexibility index (Phi) is 4.11. The summed E-state index contributed by atoms with van der Waals surface area (Å²) in [5, 5.41) is 10.6. The fourth-order valence-electron chi connectivity index (χ4n) is 1.51. The summed E-state index contributed by atoms with van der Waals surface area (Å²) in [6, 6.07) is 10.2. The van der Waals surface area contributed by atoms with E-state index in [0.717, 1.165) is 0 Å². The molecule has 0 aliphatic carbocycles. The molecule has 0 saturated carbocycles. The molecule has 2 aromatic rings. The second-order valence-electron chi connectivity index (χ2n) is 3.79. The minimum absolute atomic E-state index is 0.000548. The Morgan fingerprint density at radius 3 is 2.79 bits per heavy atom. The topological polar surface area (TPSA) is 52.4 Å². The fraction of sp³-hybridized carbons (Fsp3) is 0.0769. The number of ether oxygens (including phenoxy) is 1. The lowest BCUT2D eigenvalue weighted by Crippen LogP contribution is -1.97. The van der Waals surface area contributed by atoms with Crippen LogP contribution in [0.3, 0.4) is 0 Å². The van der Waals surface area contributed by atoms with Crippen LogP contribution in [-0.2, 0) is 6.61 Å². The number of hydrogen-bond donors (Lipinski definition) is 0. The van der Waals surface area contributed by atoms with Crippen molar-refractivity contribution < 1.29 is 14.1 Å². The van der Waals surface area contributed by atoms with Gasteiger partial charge in [-0.15, -0.1) is 0 Å². The maximum absolute atomic E-state index is 13.1. The van der Waals surface area contributed by atoms with Crippen molar-refractivity contribution in [3.8, 4) is 5.75 Å². The first-order chi connectivity index (χ1) is 9.06. The van der Waals surface area contributed by atoms with Crippen molar-refractivity contribution in [1.82, 2.24) is 0 Å². The lowest BCUT2D eigenvalue weighted by atomic mass is 10.2. The van der Waals surface area contributed by atoms with Crippen molar-refractivity contribution in [1.29, 1.82) is 0 Å². The van der Waals surface area contributed by atoms with Crippen LogP contribution in [-0.4, -0.2) is 4.92 Å². The molecule has 0 atom stereocenters. The van der Waals surface area contributed by atoms with E-state index in [1.54, 1.807) is 12.1 Å². The quantitative estimate of drug-likeness (QED) is 0.628. The summed E-state index contributed by atoms with van der Waals surface area (Å²) in [6.07, 6.45) is 0. The summed E-state index contributed by atoms with van der Waals surface area (Å²) in [4.78, 5) is 10.2. The highest BCUT2D eigenvalue weighted by Gasteiger charge is 2.07. The largest absolute Gasteiger partial charge is 0.488 e. The van der Waals surface area contributed by atoms with Crippen molar-refractivity contribution in [2.75, 3.05) is 0 Å². The smallest absolute Gasteiger partial charge is 0.269 e. The third-order valence-electron chi connectivity index (χ3n) is 2.41. The van der Waals surface area contributed by atoms with Crippen molar-refractivity contribution in [2.24, 2.45) is 0 Å². The highest BCUT2D eigenvalue weighted by molar-refractivity contribution is 9.10. The number of nitro benzene ring substituents is 1. The molecule has 0 N–H and O–H groups in total. The number of hydrogen-bond acceptors (Lipinski definition) is 3. The minimum Gasteiger partial charge on any atom is -0.488 e. The molecule has 2 aromatic carbocycles. The van der Waals surface area contributed by atoms with Gasteiger partial charge in [0, 0.05) is 18.2 Å². The first kappa shape index (κ1) is 13.5. The first-order valence-corrected chi connectivity index (χ1v) is 6.17. The van der Waals surface area contributed by atoms with Gasteiger partial charge in [-0.2, -0.15) is 0 Å². The van der Waals surface area contributed by atoms with E-state index in [-0.39, 0.29) is 12.3 Å². The van der Waals surface area contributed by atoms with Crippen LogP contribution < -0.4 is 4.74 Å². The molecule has 0 aliphatic heterocycles. The maximum Gasteiger partial charge on any atom is 0.269 e. The molecule has 0 saturated heterocycles.